The lowest BCUT2D eigenvalue weighted by Crippen LogP contribution is -2.23. The molecule has 160 valence electrons. The van der Waals surface area contributed by atoms with Gasteiger partial charge in [0.25, 0.3) is 0 Å². The highest BCUT2D eigenvalue weighted by Crippen LogP contribution is 2.31. The molecule has 0 spiro atoms. The molecular formula is C21H20Cl2N6O2. The van der Waals surface area contributed by atoms with Crippen molar-refractivity contribution in [3.63, 3.8) is 0 Å². The maximum absolute atomic E-state index is 12.3. The minimum absolute atomic E-state index is 0.159. The summed E-state index contributed by atoms with van der Waals surface area (Å²) in [5, 5.41) is 13.2. The molecule has 8 nitrogen and oxygen atoms in total. The van der Waals surface area contributed by atoms with Crippen molar-refractivity contribution in [1.29, 1.82) is 0 Å². The summed E-state index contributed by atoms with van der Waals surface area (Å²) in [4.78, 5) is 12.3. The molecule has 2 heterocycles. The minimum atomic E-state index is -0.367. The van der Waals surface area contributed by atoms with E-state index in [2.05, 4.69) is 15.5 Å². The number of halogens is 2. The van der Waals surface area contributed by atoms with Gasteiger partial charge in [0.15, 0.2) is 0 Å². The van der Waals surface area contributed by atoms with Gasteiger partial charge in [0.05, 0.1) is 11.4 Å². The Morgan fingerprint density at radius 3 is 2.42 bits per heavy atom. The third kappa shape index (κ3) is 3.84. The number of aromatic nitrogens is 6. The van der Waals surface area contributed by atoms with Crippen LogP contribution in [0.2, 0.25) is 10.2 Å². The molecule has 0 saturated heterocycles. The van der Waals surface area contributed by atoms with Crippen molar-refractivity contribution in [3.05, 3.63) is 73.7 Å². The first kappa shape index (κ1) is 21.1. The lowest BCUT2D eigenvalue weighted by molar-refractivity contribution is 0.303. The fourth-order valence-electron chi connectivity index (χ4n) is 3.35. The summed E-state index contributed by atoms with van der Waals surface area (Å²) in [6, 6.07) is 11.1. The molecule has 0 bridgehead atoms. The van der Waals surface area contributed by atoms with E-state index < -0.39 is 0 Å². The summed E-state index contributed by atoms with van der Waals surface area (Å²) in [5.74, 6) is 0.695. The zero-order valence-corrected chi connectivity index (χ0v) is 18.9. The zero-order chi connectivity index (χ0) is 22.3. The van der Waals surface area contributed by atoms with Gasteiger partial charge in [-0.25, -0.2) is 4.79 Å². The van der Waals surface area contributed by atoms with Crippen LogP contribution in [0.25, 0.3) is 16.9 Å². The Kier molecular flexibility index (Phi) is 5.60. The van der Waals surface area contributed by atoms with Gasteiger partial charge in [0.2, 0.25) is 0 Å². The molecule has 0 radical (unpaired) electrons. The van der Waals surface area contributed by atoms with Crippen molar-refractivity contribution < 1.29 is 4.74 Å². The van der Waals surface area contributed by atoms with E-state index in [1.165, 1.54) is 11.7 Å². The van der Waals surface area contributed by atoms with Crippen LogP contribution in [0.5, 0.6) is 5.75 Å². The second kappa shape index (κ2) is 8.20. The van der Waals surface area contributed by atoms with Crippen LogP contribution in [0.4, 0.5) is 0 Å². The maximum Gasteiger partial charge on any atom is 0.368 e. The summed E-state index contributed by atoms with van der Waals surface area (Å²) in [6.45, 7) is 4.06. The van der Waals surface area contributed by atoms with Crippen molar-refractivity contribution >= 4 is 23.2 Å². The summed E-state index contributed by atoms with van der Waals surface area (Å²) >= 11 is 12.7. The number of tetrazole rings is 1. The van der Waals surface area contributed by atoms with Gasteiger partial charge in [-0.3, -0.25) is 4.68 Å². The predicted octanol–water partition coefficient (Wildman–Crippen LogP) is 3.87. The third-order valence-corrected chi connectivity index (χ3v) is 5.95. The molecule has 0 aliphatic heterocycles. The number of aryl methyl sites for hydroxylation is 3. The van der Waals surface area contributed by atoms with Crippen LogP contribution in [0.3, 0.4) is 0 Å². The van der Waals surface area contributed by atoms with Crippen LogP contribution in [0.1, 0.15) is 16.7 Å². The average Bonchev–Trinajstić information content (AvgIpc) is 3.21. The fourth-order valence-corrected chi connectivity index (χ4v) is 3.70. The van der Waals surface area contributed by atoms with E-state index in [4.69, 9.17) is 27.9 Å². The number of ether oxygens (including phenoxy) is 1. The number of benzene rings is 2. The molecule has 0 atom stereocenters. The maximum atomic E-state index is 12.3. The van der Waals surface area contributed by atoms with E-state index in [0.29, 0.717) is 27.2 Å². The third-order valence-electron chi connectivity index (χ3n) is 5.06. The Bertz CT molecular complexity index is 1340. The summed E-state index contributed by atoms with van der Waals surface area (Å²) in [7, 11) is 3.35. The van der Waals surface area contributed by atoms with E-state index in [1.807, 2.05) is 39.1 Å². The molecule has 0 fully saturated rings. The van der Waals surface area contributed by atoms with E-state index in [9.17, 15) is 4.79 Å². The highest BCUT2D eigenvalue weighted by atomic mass is 35.5. The molecule has 0 aliphatic rings. The van der Waals surface area contributed by atoms with Gasteiger partial charge in [-0.1, -0.05) is 29.3 Å². The van der Waals surface area contributed by atoms with Gasteiger partial charge < -0.3 is 4.74 Å². The van der Waals surface area contributed by atoms with E-state index >= 15 is 0 Å². The molecule has 0 aliphatic carbocycles. The van der Waals surface area contributed by atoms with Crippen LogP contribution in [-0.4, -0.2) is 29.6 Å². The normalized spacial score (nSPS) is 11.2. The summed E-state index contributed by atoms with van der Waals surface area (Å²) in [6.07, 6.45) is 0. The predicted molar refractivity (Wildman–Crippen MR) is 119 cm³/mol. The molecule has 0 unspecified atom stereocenters. The lowest BCUT2D eigenvalue weighted by atomic mass is 10.1. The minimum Gasteiger partial charge on any atom is -0.488 e. The highest BCUT2D eigenvalue weighted by Gasteiger charge is 2.16. The van der Waals surface area contributed by atoms with Gasteiger partial charge in [-0.2, -0.15) is 14.5 Å². The first-order valence-electron chi connectivity index (χ1n) is 9.47. The number of rotatable bonds is 5. The molecular weight excluding hydrogens is 439 g/mol. The van der Waals surface area contributed by atoms with Crippen LogP contribution < -0.4 is 10.4 Å². The fraction of sp³-hybridized carbons (Fsp3) is 0.238. The van der Waals surface area contributed by atoms with Crippen molar-refractivity contribution in [3.8, 4) is 22.7 Å². The van der Waals surface area contributed by atoms with Crippen molar-refractivity contribution in [1.82, 2.24) is 29.6 Å². The van der Waals surface area contributed by atoms with E-state index in [0.717, 1.165) is 27.1 Å². The second-order valence-corrected chi connectivity index (χ2v) is 7.96. The van der Waals surface area contributed by atoms with Crippen LogP contribution in [-0.2, 0) is 20.7 Å². The molecule has 10 heteroatoms. The largest absolute Gasteiger partial charge is 0.488 e. The van der Waals surface area contributed by atoms with Crippen LogP contribution in [0.15, 0.2) is 41.2 Å². The molecule has 0 saturated carbocycles. The monoisotopic (exact) mass is 458 g/mol. The van der Waals surface area contributed by atoms with Crippen LogP contribution >= 0.6 is 23.2 Å². The SMILES string of the molecule is Cc1cc(-c2nn(C)c(Cl)c2C)ccc1OCc1c(Cl)cccc1-n1nnn(C)c1=O. The Morgan fingerprint density at radius 1 is 1.03 bits per heavy atom. The number of hydrogen-bond donors (Lipinski definition) is 0. The molecule has 2 aromatic heterocycles. The average molecular weight is 459 g/mol. The standard InChI is InChI=1S/C21H20Cl2N6O2/c1-12-10-14(19-13(2)20(23)27(3)24-19)8-9-18(12)31-11-15-16(22)6-5-7-17(15)29-21(30)28(4)25-26-29/h5-10H,11H2,1-4H3. The van der Waals surface area contributed by atoms with Gasteiger partial charge in [0, 0.05) is 35.8 Å². The lowest BCUT2D eigenvalue weighted by Gasteiger charge is -2.14. The van der Waals surface area contributed by atoms with Gasteiger partial charge in [-0.05, 0) is 60.2 Å². The van der Waals surface area contributed by atoms with Crippen LogP contribution in [0, 0.1) is 13.8 Å². The Morgan fingerprint density at radius 2 is 1.81 bits per heavy atom. The van der Waals surface area contributed by atoms with Gasteiger partial charge >= 0.3 is 5.69 Å². The van der Waals surface area contributed by atoms with Crippen molar-refractivity contribution in [2.24, 2.45) is 14.1 Å². The summed E-state index contributed by atoms with van der Waals surface area (Å²) in [5.41, 5.74) is 4.44. The molecule has 2 aromatic carbocycles. The zero-order valence-electron chi connectivity index (χ0n) is 17.4. The topological polar surface area (TPSA) is 79.8 Å². The Hall–Kier alpha value is -3.10. The second-order valence-electron chi connectivity index (χ2n) is 7.19. The molecule has 4 rings (SSSR count). The Balaban J connectivity index is 1.63. The quantitative estimate of drug-likeness (QED) is 0.453. The smallest absolute Gasteiger partial charge is 0.368 e. The van der Waals surface area contributed by atoms with Crippen molar-refractivity contribution in [2.45, 2.75) is 20.5 Å². The van der Waals surface area contributed by atoms with Gasteiger partial charge in [-0.15, -0.1) is 0 Å². The highest BCUT2D eigenvalue weighted by molar-refractivity contribution is 6.31. The van der Waals surface area contributed by atoms with Gasteiger partial charge in [0.1, 0.15) is 17.5 Å². The first-order valence-corrected chi connectivity index (χ1v) is 10.2. The molecule has 0 amide bonds. The number of hydrogen-bond acceptors (Lipinski definition) is 5. The van der Waals surface area contributed by atoms with Crippen molar-refractivity contribution in [2.75, 3.05) is 0 Å². The van der Waals surface area contributed by atoms with E-state index in [1.54, 1.807) is 22.9 Å². The first-order chi connectivity index (χ1) is 14.8. The number of nitrogens with zero attached hydrogens (tertiary/aromatic N) is 6. The molecule has 31 heavy (non-hydrogen) atoms. The molecule has 0 N–H and O–H groups in total. The molecule has 4 aromatic rings. The Labute approximate surface area is 188 Å². The van der Waals surface area contributed by atoms with E-state index in [-0.39, 0.29) is 12.3 Å². The summed E-state index contributed by atoms with van der Waals surface area (Å²) < 4.78 is 10.1.